The number of nitrogens with zero attached hydrogens (tertiary/aromatic N) is 3. The topological polar surface area (TPSA) is 67.2 Å². The molecule has 3 heterocycles. The van der Waals surface area contributed by atoms with E-state index < -0.39 is 0 Å². The van der Waals surface area contributed by atoms with Gasteiger partial charge in [-0.05, 0) is 30.0 Å². The summed E-state index contributed by atoms with van der Waals surface area (Å²) in [7, 11) is 0. The average molecular weight is 352 g/mol. The van der Waals surface area contributed by atoms with Gasteiger partial charge in [0, 0.05) is 56.8 Å². The van der Waals surface area contributed by atoms with Gasteiger partial charge >= 0.3 is 0 Å². The van der Waals surface area contributed by atoms with Crippen molar-refractivity contribution >= 4 is 11.8 Å². The highest BCUT2D eigenvalue weighted by Gasteiger charge is 2.25. The van der Waals surface area contributed by atoms with Gasteiger partial charge in [0.05, 0.1) is 0 Å². The largest absolute Gasteiger partial charge is 0.352 e. The number of fused-ring (bicyclic) bond motifs is 1. The predicted octanol–water partition coefficient (Wildman–Crippen LogP) is 1.88. The lowest BCUT2D eigenvalue weighted by Crippen LogP contribution is -2.35. The van der Waals surface area contributed by atoms with Crippen molar-refractivity contribution in [2.75, 3.05) is 6.54 Å². The van der Waals surface area contributed by atoms with Crippen LogP contribution in [0.3, 0.4) is 0 Å². The summed E-state index contributed by atoms with van der Waals surface area (Å²) in [4.78, 5) is 26.4. The Morgan fingerprint density at radius 1 is 1.19 bits per heavy atom. The first kappa shape index (κ1) is 16.8. The van der Waals surface area contributed by atoms with E-state index in [9.17, 15) is 9.59 Å². The van der Waals surface area contributed by atoms with Crippen LogP contribution in [0.15, 0.2) is 36.5 Å². The van der Waals surface area contributed by atoms with Gasteiger partial charge in [0.2, 0.25) is 11.8 Å². The minimum absolute atomic E-state index is 0.00604. The van der Waals surface area contributed by atoms with Gasteiger partial charge in [0.15, 0.2) is 0 Å². The molecule has 6 heteroatoms. The maximum Gasteiger partial charge on any atom is 0.223 e. The van der Waals surface area contributed by atoms with Crippen LogP contribution in [0.1, 0.15) is 36.1 Å². The van der Waals surface area contributed by atoms with Gasteiger partial charge < -0.3 is 10.2 Å². The second kappa shape index (κ2) is 7.32. The molecule has 26 heavy (non-hydrogen) atoms. The average Bonchev–Trinajstić information content (AvgIpc) is 3.29. The summed E-state index contributed by atoms with van der Waals surface area (Å²) >= 11 is 0. The van der Waals surface area contributed by atoms with E-state index in [0.29, 0.717) is 19.5 Å². The number of amides is 2. The predicted molar refractivity (Wildman–Crippen MR) is 97.0 cm³/mol. The molecule has 1 aromatic heterocycles. The third-order valence-electron chi connectivity index (χ3n) is 5.42. The molecule has 1 atom stereocenters. The summed E-state index contributed by atoms with van der Waals surface area (Å²) < 4.78 is 1.98. The van der Waals surface area contributed by atoms with Gasteiger partial charge in [0.1, 0.15) is 0 Å². The highest BCUT2D eigenvalue weighted by molar-refractivity contribution is 5.79. The van der Waals surface area contributed by atoms with Crippen molar-refractivity contribution in [2.24, 2.45) is 5.92 Å². The van der Waals surface area contributed by atoms with E-state index in [0.717, 1.165) is 49.2 Å². The fraction of sp³-hybridized carbons (Fsp3) is 0.450. The van der Waals surface area contributed by atoms with E-state index in [-0.39, 0.29) is 17.7 Å². The Hall–Kier alpha value is -2.63. The number of hydrogen-bond acceptors (Lipinski definition) is 3. The van der Waals surface area contributed by atoms with Gasteiger partial charge in [-0.3, -0.25) is 14.3 Å². The highest BCUT2D eigenvalue weighted by atomic mass is 16.2. The molecule has 2 aromatic rings. The van der Waals surface area contributed by atoms with Crippen LogP contribution in [-0.2, 0) is 35.6 Å². The zero-order valence-electron chi connectivity index (χ0n) is 14.9. The number of carbonyl (C=O) groups is 2. The zero-order valence-corrected chi connectivity index (χ0v) is 14.9. The van der Waals surface area contributed by atoms with E-state index in [1.807, 2.05) is 39.9 Å². The molecule has 2 aliphatic rings. The van der Waals surface area contributed by atoms with Crippen molar-refractivity contribution in [2.45, 2.75) is 45.3 Å². The quantitative estimate of drug-likeness (QED) is 0.893. The van der Waals surface area contributed by atoms with Gasteiger partial charge in [-0.2, -0.15) is 5.10 Å². The number of aryl methyl sites for hydroxylation is 1. The van der Waals surface area contributed by atoms with E-state index in [1.54, 1.807) is 6.20 Å². The fourth-order valence-electron chi connectivity index (χ4n) is 3.88. The second-order valence-corrected chi connectivity index (χ2v) is 7.14. The van der Waals surface area contributed by atoms with E-state index in [4.69, 9.17) is 0 Å². The standard InChI is InChI=1S/C20H24N4O2/c25-19-6-3-10-23(19)14-17-5-2-1-4-16(17)13-21-20(26)15-8-11-24-18(12-15)7-9-22-24/h1-2,4-5,7,9,15H,3,6,8,10-14H2,(H,21,26). The highest BCUT2D eigenvalue weighted by Crippen LogP contribution is 2.21. The Morgan fingerprint density at radius 2 is 2.04 bits per heavy atom. The van der Waals surface area contributed by atoms with E-state index >= 15 is 0 Å². The molecule has 0 radical (unpaired) electrons. The van der Waals surface area contributed by atoms with Crippen LogP contribution in [0.4, 0.5) is 0 Å². The Balaban J connectivity index is 1.37. The molecule has 4 rings (SSSR count). The van der Waals surface area contributed by atoms with Crippen LogP contribution in [0, 0.1) is 5.92 Å². The SMILES string of the molecule is O=C(NCc1ccccc1CN1CCCC1=O)C1CCn2nccc2C1. The summed E-state index contributed by atoms with van der Waals surface area (Å²) in [5, 5.41) is 7.36. The fourth-order valence-corrected chi connectivity index (χ4v) is 3.88. The molecule has 0 bridgehead atoms. The molecule has 1 N–H and O–H groups in total. The third kappa shape index (κ3) is 3.49. The number of aromatic nitrogens is 2. The summed E-state index contributed by atoms with van der Waals surface area (Å²) in [6.45, 7) is 2.77. The van der Waals surface area contributed by atoms with Crippen LogP contribution >= 0.6 is 0 Å². The van der Waals surface area contributed by atoms with Crippen LogP contribution in [0.25, 0.3) is 0 Å². The Morgan fingerprint density at radius 3 is 2.85 bits per heavy atom. The second-order valence-electron chi connectivity index (χ2n) is 7.14. The maximum atomic E-state index is 12.6. The van der Waals surface area contributed by atoms with Gasteiger partial charge in [-0.15, -0.1) is 0 Å². The molecule has 136 valence electrons. The van der Waals surface area contributed by atoms with Gasteiger partial charge in [0.25, 0.3) is 0 Å². The van der Waals surface area contributed by atoms with Crippen molar-refractivity contribution in [3.8, 4) is 0 Å². The molecular formula is C20H24N4O2. The number of nitrogens with one attached hydrogen (secondary N) is 1. The van der Waals surface area contributed by atoms with Crippen LogP contribution in [-0.4, -0.2) is 33.0 Å². The number of likely N-dealkylation sites (tertiary alicyclic amines) is 1. The van der Waals surface area contributed by atoms with E-state index in [2.05, 4.69) is 10.4 Å². The van der Waals surface area contributed by atoms with E-state index in [1.165, 1.54) is 0 Å². The van der Waals surface area contributed by atoms with Crippen molar-refractivity contribution in [3.05, 3.63) is 53.3 Å². The van der Waals surface area contributed by atoms with Crippen molar-refractivity contribution in [1.29, 1.82) is 0 Å². The molecule has 2 amide bonds. The monoisotopic (exact) mass is 352 g/mol. The molecule has 1 saturated heterocycles. The Labute approximate surface area is 153 Å². The van der Waals surface area contributed by atoms with Gasteiger partial charge in [-0.25, -0.2) is 0 Å². The molecule has 0 spiro atoms. The lowest BCUT2D eigenvalue weighted by Gasteiger charge is -2.23. The van der Waals surface area contributed by atoms with Crippen molar-refractivity contribution in [3.63, 3.8) is 0 Å². The minimum Gasteiger partial charge on any atom is -0.352 e. The maximum absolute atomic E-state index is 12.6. The molecule has 1 fully saturated rings. The number of benzene rings is 1. The zero-order chi connectivity index (χ0) is 17.9. The lowest BCUT2D eigenvalue weighted by atomic mass is 9.95. The minimum atomic E-state index is 0.00604. The molecule has 2 aliphatic heterocycles. The molecule has 1 aromatic carbocycles. The number of carbonyl (C=O) groups excluding carboxylic acids is 2. The lowest BCUT2D eigenvalue weighted by molar-refractivity contribution is -0.128. The smallest absolute Gasteiger partial charge is 0.223 e. The molecular weight excluding hydrogens is 328 g/mol. The molecule has 0 aliphatic carbocycles. The summed E-state index contributed by atoms with van der Waals surface area (Å²) in [5.74, 6) is 0.332. The summed E-state index contributed by atoms with van der Waals surface area (Å²) in [6, 6.07) is 10.0. The van der Waals surface area contributed by atoms with Crippen molar-refractivity contribution < 1.29 is 9.59 Å². The molecule has 0 saturated carbocycles. The first-order valence-electron chi connectivity index (χ1n) is 9.33. The number of rotatable bonds is 5. The van der Waals surface area contributed by atoms with Crippen LogP contribution in [0.2, 0.25) is 0 Å². The molecule has 1 unspecified atom stereocenters. The van der Waals surface area contributed by atoms with Crippen molar-refractivity contribution in [1.82, 2.24) is 20.0 Å². The Bertz CT molecular complexity index is 814. The first-order chi connectivity index (χ1) is 12.7. The van der Waals surface area contributed by atoms with Crippen LogP contribution < -0.4 is 5.32 Å². The normalized spacial score (nSPS) is 19.5. The Kier molecular flexibility index (Phi) is 4.73. The molecule has 6 nitrogen and oxygen atoms in total. The summed E-state index contributed by atoms with van der Waals surface area (Å²) in [5.41, 5.74) is 3.33. The van der Waals surface area contributed by atoms with Crippen LogP contribution in [0.5, 0.6) is 0 Å². The third-order valence-corrected chi connectivity index (χ3v) is 5.42. The summed E-state index contributed by atoms with van der Waals surface area (Å²) in [6.07, 6.45) is 4.96. The number of hydrogen-bond donors (Lipinski definition) is 1. The van der Waals surface area contributed by atoms with Gasteiger partial charge in [-0.1, -0.05) is 24.3 Å². The first-order valence-corrected chi connectivity index (χ1v) is 9.33.